The Morgan fingerprint density at radius 3 is 2.79 bits per heavy atom. The third-order valence-electron chi connectivity index (χ3n) is 2.82. The summed E-state index contributed by atoms with van der Waals surface area (Å²) in [6.45, 7) is 4.51. The highest BCUT2D eigenvalue weighted by Gasteiger charge is 2.41. The molecule has 0 aromatic heterocycles. The monoisotopic (exact) mass is 200 g/mol. The van der Waals surface area contributed by atoms with Gasteiger partial charge in [0.25, 0.3) is 0 Å². The number of urea groups is 1. The van der Waals surface area contributed by atoms with Gasteiger partial charge in [0.1, 0.15) is 5.54 Å². The van der Waals surface area contributed by atoms with Crippen LogP contribution in [0, 0.1) is 0 Å². The summed E-state index contributed by atoms with van der Waals surface area (Å²) < 4.78 is 0. The van der Waals surface area contributed by atoms with E-state index in [2.05, 4.69) is 5.32 Å². The van der Waals surface area contributed by atoms with Gasteiger partial charge in [0.15, 0.2) is 0 Å². The smallest absolute Gasteiger partial charge is 0.329 e. The predicted octanol–water partition coefficient (Wildman–Crippen LogP) is 0.655. The zero-order valence-corrected chi connectivity index (χ0v) is 8.54. The van der Waals surface area contributed by atoms with Crippen molar-refractivity contribution in [3.63, 3.8) is 0 Å². The number of carboxylic acid groups (broad SMARTS) is 1. The molecule has 1 fully saturated rings. The number of carbonyl (C=O) groups excluding carboxylic acids is 1. The maximum Gasteiger partial charge on any atom is 0.329 e. The van der Waals surface area contributed by atoms with Gasteiger partial charge in [0, 0.05) is 13.1 Å². The Kier molecular flexibility index (Phi) is 2.98. The third-order valence-corrected chi connectivity index (χ3v) is 2.82. The van der Waals surface area contributed by atoms with Crippen molar-refractivity contribution in [2.45, 2.75) is 32.2 Å². The number of carbonyl (C=O) groups is 2. The molecule has 1 saturated heterocycles. The first-order chi connectivity index (χ1) is 6.52. The second-order valence-corrected chi connectivity index (χ2v) is 3.67. The minimum Gasteiger partial charge on any atom is -0.480 e. The molecule has 0 radical (unpaired) electrons. The van der Waals surface area contributed by atoms with Crippen molar-refractivity contribution < 1.29 is 14.7 Å². The van der Waals surface area contributed by atoms with Gasteiger partial charge in [-0.3, -0.25) is 0 Å². The molecule has 1 aliphatic heterocycles. The number of aliphatic carboxylic acids is 1. The van der Waals surface area contributed by atoms with E-state index in [9.17, 15) is 9.59 Å². The van der Waals surface area contributed by atoms with Crippen molar-refractivity contribution in [2.75, 3.05) is 13.1 Å². The van der Waals surface area contributed by atoms with E-state index < -0.39 is 11.5 Å². The van der Waals surface area contributed by atoms with E-state index in [1.807, 2.05) is 0 Å². The molecule has 0 bridgehead atoms. The van der Waals surface area contributed by atoms with Gasteiger partial charge in [0.05, 0.1) is 0 Å². The standard InChI is InChI=1S/C9H16N2O3/c1-3-9(2,7(12)13)11-6-4-5-10-8(11)14/h3-6H2,1-2H3,(H,10,14)(H,12,13). The van der Waals surface area contributed by atoms with Crippen LogP contribution in [0.2, 0.25) is 0 Å². The zero-order valence-electron chi connectivity index (χ0n) is 8.54. The molecule has 2 N–H and O–H groups in total. The molecule has 80 valence electrons. The molecule has 0 saturated carbocycles. The van der Waals surface area contributed by atoms with Crippen molar-refractivity contribution in [3.8, 4) is 0 Å². The molecule has 5 heteroatoms. The summed E-state index contributed by atoms with van der Waals surface area (Å²) in [5, 5.41) is 11.7. The number of rotatable bonds is 3. The first-order valence-electron chi connectivity index (χ1n) is 4.81. The van der Waals surface area contributed by atoms with E-state index in [1.54, 1.807) is 13.8 Å². The predicted molar refractivity (Wildman–Crippen MR) is 51.1 cm³/mol. The highest BCUT2D eigenvalue weighted by atomic mass is 16.4. The number of carboxylic acids is 1. The maximum absolute atomic E-state index is 11.5. The molecule has 14 heavy (non-hydrogen) atoms. The Bertz CT molecular complexity index is 254. The first-order valence-corrected chi connectivity index (χ1v) is 4.81. The van der Waals surface area contributed by atoms with Crippen LogP contribution >= 0.6 is 0 Å². The molecular formula is C9H16N2O3. The molecule has 5 nitrogen and oxygen atoms in total. The van der Waals surface area contributed by atoms with E-state index in [0.717, 1.165) is 6.42 Å². The molecule has 1 aliphatic rings. The zero-order chi connectivity index (χ0) is 10.8. The van der Waals surface area contributed by atoms with Crippen molar-refractivity contribution in [3.05, 3.63) is 0 Å². The molecule has 1 unspecified atom stereocenters. The summed E-state index contributed by atoms with van der Waals surface area (Å²) in [4.78, 5) is 23.9. The lowest BCUT2D eigenvalue weighted by molar-refractivity contribution is -0.149. The Balaban J connectivity index is 2.87. The lowest BCUT2D eigenvalue weighted by Gasteiger charge is -2.39. The van der Waals surface area contributed by atoms with Crippen LogP contribution in [0.1, 0.15) is 26.7 Å². The minimum absolute atomic E-state index is 0.275. The first kappa shape index (κ1) is 10.8. The van der Waals surface area contributed by atoms with Gasteiger partial charge >= 0.3 is 12.0 Å². The Hall–Kier alpha value is -1.26. The largest absolute Gasteiger partial charge is 0.480 e. The molecule has 1 atom stereocenters. The topological polar surface area (TPSA) is 69.6 Å². The summed E-state index contributed by atoms with van der Waals surface area (Å²) in [5.41, 5.74) is -1.08. The van der Waals surface area contributed by atoms with Crippen molar-refractivity contribution in [2.24, 2.45) is 0 Å². The fourth-order valence-electron chi connectivity index (χ4n) is 1.56. The van der Waals surface area contributed by atoms with Crippen LogP contribution in [-0.2, 0) is 4.79 Å². The van der Waals surface area contributed by atoms with E-state index in [0.29, 0.717) is 19.5 Å². The second-order valence-electron chi connectivity index (χ2n) is 3.67. The Labute approximate surface area is 83.1 Å². The van der Waals surface area contributed by atoms with Crippen LogP contribution in [0.15, 0.2) is 0 Å². The average molecular weight is 200 g/mol. The molecule has 0 aromatic carbocycles. The van der Waals surface area contributed by atoms with Gasteiger partial charge < -0.3 is 15.3 Å². The molecule has 1 rings (SSSR count). The lowest BCUT2D eigenvalue weighted by Crippen LogP contribution is -2.60. The van der Waals surface area contributed by atoms with Crippen LogP contribution in [0.4, 0.5) is 4.79 Å². The molecule has 1 heterocycles. The SMILES string of the molecule is CCC(C)(C(=O)O)N1CCCNC1=O. The fourth-order valence-corrected chi connectivity index (χ4v) is 1.56. The molecule has 2 amide bonds. The molecule has 0 aromatic rings. The van der Waals surface area contributed by atoms with E-state index in [4.69, 9.17) is 5.11 Å². The molecule has 0 aliphatic carbocycles. The summed E-state index contributed by atoms with van der Waals surface area (Å²) in [6.07, 6.45) is 1.21. The van der Waals surface area contributed by atoms with Crippen LogP contribution in [0.3, 0.4) is 0 Å². The van der Waals surface area contributed by atoms with E-state index in [1.165, 1.54) is 4.90 Å². The summed E-state index contributed by atoms with van der Waals surface area (Å²) in [7, 11) is 0. The van der Waals surface area contributed by atoms with Gasteiger partial charge in [-0.2, -0.15) is 0 Å². The summed E-state index contributed by atoms with van der Waals surface area (Å²) >= 11 is 0. The summed E-state index contributed by atoms with van der Waals surface area (Å²) in [6, 6.07) is -0.275. The van der Waals surface area contributed by atoms with Gasteiger partial charge in [0.2, 0.25) is 0 Å². The lowest BCUT2D eigenvalue weighted by atomic mass is 9.96. The van der Waals surface area contributed by atoms with Crippen molar-refractivity contribution in [1.29, 1.82) is 0 Å². The van der Waals surface area contributed by atoms with Gasteiger partial charge in [-0.1, -0.05) is 6.92 Å². The van der Waals surface area contributed by atoms with Crippen molar-refractivity contribution in [1.82, 2.24) is 10.2 Å². The normalized spacial score (nSPS) is 21.3. The van der Waals surface area contributed by atoms with Gasteiger partial charge in [-0.05, 0) is 19.8 Å². The highest BCUT2D eigenvalue weighted by molar-refractivity contribution is 5.86. The second kappa shape index (κ2) is 3.86. The Morgan fingerprint density at radius 1 is 1.71 bits per heavy atom. The highest BCUT2D eigenvalue weighted by Crippen LogP contribution is 2.21. The third kappa shape index (κ3) is 1.66. The minimum atomic E-state index is -1.08. The quantitative estimate of drug-likeness (QED) is 0.703. The van der Waals surface area contributed by atoms with E-state index in [-0.39, 0.29) is 6.03 Å². The number of hydrogen-bond acceptors (Lipinski definition) is 2. The maximum atomic E-state index is 11.5. The Morgan fingerprint density at radius 2 is 2.36 bits per heavy atom. The van der Waals surface area contributed by atoms with Crippen molar-refractivity contribution >= 4 is 12.0 Å². The van der Waals surface area contributed by atoms with Crippen LogP contribution in [0.5, 0.6) is 0 Å². The number of nitrogens with zero attached hydrogens (tertiary/aromatic N) is 1. The van der Waals surface area contributed by atoms with Crippen LogP contribution in [-0.4, -0.2) is 40.6 Å². The fraction of sp³-hybridized carbons (Fsp3) is 0.778. The number of amides is 2. The van der Waals surface area contributed by atoms with Gasteiger partial charge in [-0.25, -0.2) is 9.59 Å². The average Bonchev–Trinajstić information content (AvgIpc) is 2.17. The van der Waals surface area contributed by atoms with Crippen LogP contribution < -0.4 is 5.32 Å². The summed E-state index contributed by atoms with van der Waals surface area (Å²) in [5.74, 6) is -0.947. The molecule has 0 spiro atoms. The molecular weight excluding hydrogens is 184 g/mol. The van der Waals surface area contributed by atoms with Crippen LogP contribution in [0.25, 0.3) is 0 Å². The van der Waals surface area contributed by atoms with Gasteiger partial charge in [-0.15, -0.1) is 0 Å². The van der Waals surface area contributed by atoms with E-state index >= 15 is 0 Å². The number of nitrogens with one attached hydrogen (secondary N) is 1. The number of hydrogen-bond donors (Lipinski definition) is 2.